The molecule has 453 valence electrons. The number of nitrogens with one attached hydrogen (secondary N) is 4. The molecule has 5 atom stereocenters. The number of Topliss-reactive ketones (excluding diaryl/α,β-unsaturated/α-hetero) is 4. The molecule has 81 heavy (non-hydrogen) atoms. The number of carbonyl (C=O) groups is 11. The maximum Gasteiger partial charge on any atom is 0.223 e. The molecular formula is C50H70F5GaN5O20. The number of halogens is 5. The van der Waals surface area contributed by atoms with Gasteiger partial charge in [-0.3, -0.25) is 33.6 Å². The van der Waals surface area contributed by atoms with Crippen LogP contribution in [0.3, 0.4) is 0 Å². The summed E-state index contributed by atoms with van der Waals surface area (Å²) in [6.45, 7) is 1.98. The Bertz CT molecular complexity index is 2260. The van der Waals surface area contributed by atoms with E-state index < -0.39 is 157 Å². The fraction of sp³-hybridized carbons (Fsp3) is 0.660. The molecule has 1 aliphatic rings. The second kappa shape index (κ2) is 39.7. The molecule has 1 aliphatic heterocycles. The van der Waals surface area contributed by atoms with E-state index >= 15 is 0 Å². The monoisotopic (exact) mass is 1220 g/mol. The van der Waals surface area contributed by atoms with Crippen molar-refractivity contribution in [3.63, 3.8) is 0 Å². The molecule has 1 aromatic carbocycles. The molecule has 0 spiro atoms. The van der Waals surface area contributed by atoms with E-state index in [4.69, 9.17) is 36.7 Å². The van der Waals surface area contributed by atoms with Crippen molar-refractivity contribution in [2.24, 2.45) is 0 Å². The average Bonchev–Trinajstić information content (AvgIpc) is 3.41. The van der Waals surface area contributed by atoms with Crippen LogP contribution in [0, 0.1) is 29.1 Å². The molecule has 1 fully saturated rings. The number of hydrogen-bond donors (Lipinski definition) is 4. The number of rotatable bonds is 42. The minimum Gasteiger partial charge on any atom is -0.372 e. The van der Waals surface area contributed by atoms with E-state index in [9.17, 15) is 74.7 Å². The first-order valence-corrected chi connectivity index (χ1v) is 27.8. The third kappa shape index (κ3) is 28.3. The number of methoxy groups -OCH3 is 2. The standard InChI is InChI=1S/C46H64F5N4O18.C4H7NO2.Ga/c1-27(57)55-42-45(70-24-16-34(63)52-17-9-31(61)12-20-66-2)43(69-23-15-35(64)53-18-10-33(62)54-26-67-3)32(25-68-21-13-29(59)6-4-5-28(58)11-19-56)72-46(42)71-22-14-30(60)7-8-36(65)73-44-40(50)38(48)37(47)39(49)41(44)51;1-3(6)5-4(2)7;/h32,42-43,45-46H,4-26H2,1-3H3,(H,52,63)(H,53,64)(H,54,62)(H,55,57);1-2H3,(H,5,6,7);/q-1;;+2/p-1/t32?,42?,43-,45+,46+;;/m0../s1. The normalized spacial score (nSPS) is 16.6. The summed E-state index contributed by atoms with van der Waals surface area (Å²) in [4.78, 5) is 136. The summed E-state index contributed by atoms with van der Waals surface area (Å²) in [5, 5.41) is 10.3. The number of imide groups is 1. The van der Waals surface area contributed by atoms with Crippen LogP contribution < -0.4 is 26.0 Å². The Morgan fingerprint density at radius 2 is 1.04 bits per heavy atom. The van der Waals surface area contributed by atoms with Crippen molar-refractivity contribution in [3.05, 3.63) is 29.1 Å². The fourth-order valence-electron chi connectivity index (χ4n) is 7.24. The van der Waals surface area contributed by atoms with Crippen LogP contribution in [-0.4, -0.2) is 197 Å². The maximum absolute atomic E-state index is 14.1. The smallest absolute Gasteiger partial charge is 0.223 e. The first-order valence-electron chi connectivity index (χ1n) is 25.7. The van der Waals surface area contributed by atoms with E-state index in [1.807, 2.05) is 0 Å². The Morgan fingerprint density at radius 1 is 0.531 bits per heavy atom. The zero-order valence-corrected chi connectivity index (χ0v) is 48.2. The van der Waals surface area contributed by atoms with Gasteiger partial charge in [0.25, 0.3) is 0 Å². The molecule has 31 heteroatoms. The van der Waals surface area contributed by atoms with Gasteiger partial charge in [-0.1, -0.05) is 0 Å². The minimum absolute atomic E-state index is 0.00378. The quantitative estimate of drug-likeness (QED) is 0.0104. The van der Waals surface area contributed by atoms with Crippen LogP contribution in [0.2, 0.25) is 0 Å². The summed E-state index contributed by atoms with van der Waals surface area (Å²) in [5.74, 6) is -19.8. The number of ether oxygens (including phenoxy) is 8. The van der Waals surface area contributed by atoms with Gasteiger partial charge >= 0.3 is 144 Å². The van der Waals surface area contributed by atoms with E-state index in [-0.39, 0.29) is 141 Å². The molecule has 0 saturated carbocycles. The third-order valence-corrected chi connectivity index (χ3v) is 14.2. The summed E-state index contributed by atoms with van der Waals surface area (Å²) < 4.78 is 120. The summed E-state index contributed by atoms with van der Waals surface area (Å²) in [7, 11) is 2.81. The van der Waals surface area contributed by atoms with Crippen molar-refractivity contribution < 1.29 is 116 Å². The summed E-state index contributed by atoms with van der Waals surface area (Å²) in [6.07, 6.45) is -7.68. The zero-order chi connectivity index (χ0) is 60.4. The Morgan fingerprint density at radius 3 is 1.62 bits per heavy atom. The van der Waals surface area contributed by atoms with Gasteiger partial charge < -0.3 is 54.4 Å². The van der Waals surface area contributed by atoms with Crippen molar-refractivity contribution in [1.29, 1.82) is 0 Å². The second-order valence-corrected chi connectivity index (χ2v) is 20.1. The van der Waals surface area contributed by atoms with Crippen LogP contribution >= 0.6 is 0 Å². The molecule has 4 N–H and O–H groups in total. The molecule has 2 rings (SSSR count). The Balaban J connectivity index is 2.28. The van der Waals surface area contributed by atoms with Gasteiger partial charge in [0, 0.05) is 79.2 Å². The van der Waals surface area contributed by atoms with Gasteiger partial charge in [-0.15, -0.1) is 0 Å². The topological polar surface area (TPSA) is 322 Å². The van der Waals surface area contributed by atoms with Crippen LogP contribution in [0.15, 0.2) is 0 Å². The molecule has 2 unspecified atom stereocenters. The largest absolute Gasteiger partial charge is 0.372 e. The Kier molecular flexibility index (Phi) is 35.0. The average molecular weight is 1230 g/mol. The van der Waals surface area contributed by atoms with Crippen molar-refractivity contribution in [3.8, 4) is 5.75 Å². The van der Waals surface area contributed by atoms with Gasteiger partial charge in [-0.05, 0) is 0 Å². The number of ketones is 4. The van der Waals surface area contributed by atoms with Gasteiger partial charge in [0.1, 0.15) is 42.7 Å². The van der Waals surface area contributed by atoms with Crippen LogP contribution in [0.5, 0.6) is 5.75 Å². The van der Waals surface area contributed by atoms with E-state index in [0.717, 1.165) is 10.5 Å². The van der Waals surface area contributed by atoms with Crippen molar-refractivity contribution in [2.75, 3.05) is 80.3 Å². The van der Waals surface area contributed by atoms with E-state index in [1.54, 1.807) is 0 Å². The van der Waals surface area contributed by atoms with Gasteiger partial charge in [-0.25, -0.2) is 13.2 Å². The molecule has 0 aliphatic carbocycles. The molecule has 0 bridgehead atoms. The third-order valence-electron chi connectivity index (χ3n) is 11.4. The first-order chi connectivity index (χ1) is 38.5. The van der Waals surface area contributed by atoms with Crippen LogP contribution in [-0.2, 0) is 89.4 Å². The number of benzene rings is 1. The molecule has 1 saturated heterocycles. The van der Waals surface area contributed by atoms with E-state index in [2.05, 4.69) is 26.0 Å². The fourth-order valence-corrected chi connectivity index (χ4v) is 8.65. The molecule has 6 amide bonds. The van der Waals surface area contributed by atoms with Crippen LogP contribution in [0.1, 0.15) is 104 Å². The predicted molar refractivity (Wildman–Crippen MR) is 267 cm³/mol. The predicted octanol–water partition coefficient (Wildman–Crippen LogP) is 1.21. The summed E-state index contributed by atoms with van der Waals surface area (Å²) in [6, 6.07) is -1.31. The minimum atomic E-state index is -2.48. The first kappa shape index (κ1) is 71.5. The summed E-state index contributed by atoms with van der Waals surface area (Å²) in [5.41, 5.74) is 0. The number of hydrogen-bond acceptors (Lipinski definition) is 20. The molecule has 0 aromatic heterocycles. The Hall–Kier alpha value is -5.64. The molecule has 1 aromatic rings. The van der Waals surface area contributed by atoms with E-state index in [1.165, 1.54) is 28.1 Å². The number of nitrogens with zero attached hydrogens (tertiary/aromatic N) is 1. The van der Waals surface area contributed by atoms with Crippen molar-refractivity contribution in [2.45, 2.75) is 135 Å². The van der Waals surface area contributed by atoms with Crippen molar-refractivity contribution >= 4 is 82.6 Å². The number of esters is 1. The number of carbonyl (C=O) groups excluding carboxylic acids is 11. The van der Waals surface area contributed by atoms with Crippen molar-refractivity contribution in [1.82, 2.24) is 24.9 Å². The number of amides is 6. The zero-order valence-electron chi connectivity index (χ0n) is 45.7. The SMILES string of the molecule is COCCC(=O)CCNC(=O)CCO[C@@H]1C(NC(C)=O)[C@H](OCCC(=O)CCC(=O)Oc2c(F)c(F)c(F)c(F)c2F)OC(COCCC(=O)CCCC(=O)CC[O][Ga][N](C(C)=O)C(C)=O)[C@@H]1OCCC(=O)NCCC(=O)NCOC. The Labute approximate surface area is 472 Å². The van der Waals surface area contributed by atoms with Gasteiger partial charge in [0.05, 0.1) is 32.8 Å². The molecule has 25 nitrogen and oxygen atoms in total. The maximum atomic E-state index is 14.1. The van der Waals surface area contributed by atoms with Gasteiger partial charge in [0.15, 0.2) is 6.29 Å². The second-order valence-electron chi connectivity index (χ2n) is 17.9. The van der Waals surface area contributed by atoms with Crippen LogP contribution in [0.4, 0.5) is 22.0 Å². The van der Waals surface area contributed by atoms with Gasteiger partial charge in [-0.2, -0.15) is 8.78 Å². The molecule has 1 heterocycles. The summed E-state index contributed by atoms with van der Waals surface area (Å²) >= 11 is -1.86. The van der Waals surface area contributed by atoms with Gasteiger partial charge in [0.2, 0.25) is 58.5 Å². The molecule has 1 radical (unpaired) electrons. The van der Waals surface area contributed by atoms with Crippen LogP contribution in [0.25, 0.3) is 0 Å². The molecular weight excluding hydrogens is 1160 g/mol. The van der Waals surface area contributed by atoms with E-state index in [0.29, 0.717) is 0 Å².